The summed E-state index contributed by atoms with van der Waals surface area (Å²) in [5.74, 6) is 1.57. The summed E-state index contributed by atoms with van der Waals surface area (Å²) in [6.07, 6.45) is 8.04. The van der Waals surface area contributed by atoms with Crippen molar-refractivity contribution in [3.8, 4) is 11.4 Å². The molecule has 2 saturated heterocycles. The summed E-state index contributed by atoms with van der Waals surface area (Å²) in [4.78, 5) is 22.1. The van der Waals surface area contributed by atoms with Gasteiger partial charge in [0, 0.05) is 35.1 Å². The quantitative estimate of drug-likeness (QED) is 0.494. The van der Waals surface area contributed by atoms with Crippen LogP contribution in [0.3, 0.4) is 0 Å². The fraction of sp³-hybridized carbons (Fsp3) is 0.640. The standard InChI is InChI=1S/C25H36BrN5O2/c1-2-22-6-3-4-14-31(22)15-5-13-27-25(32)20-11-16-30(17-12-20)18-23-28-24(29-33-23)19-7-9-21(26)10-8-19/h7-10,20,22H,2-6,11-18H2,1H3,(H,27,32). The molecule has 0 spiro atoms. The molecule has 1 amide bonds. The van der Waals surface area contributed by atoms with Crippen molar-refractivity contribution in [2.45, 2.75) is 64.5 Å². The molecular formula is C25H36BrN5O2. The third-order valence-electron chi connectivity index (χ3n) is 7.03. The molecule has 1 aromatic carbocycles. The first-order chi connectivity index (χ1) is 16.1. The molecule has 3 heterocycles. The third-order valence-corrected chi connectivity index (χ3v) is 7.56. The first-order valence-electron chi connectivity index (χ1n) is 12.4. The van der Waals surface area contributed by atoms with E-state index in [-0.39, 0.29) is 11.8 Å². The molecule has 8 heteroatoms. The number of rotatable bonds is 9. The van der Waals surface area contributed by atoms with E-state index < -0.39 is 0 Å². The van der Waals surface area contributed by atoms with E-state index >= 15 is 0 Å². The molecule has 0 saturated carbocycles. The average Bonchev–Trinajstić information content (AvgIpc) is 3.31. The smallest absolute Gasteiger partial charge is 0.241 e. The number of carbonyl (C=O) groups excluding carboxylic acids is 1. The Kier molecular flexibility index (Phi) is 8.92. The highest BCUT2D eigenvalue weighted by Crippen LogP contribution is 2.22. The number of hydrogen-bond acceptors (Lipinski definition) is 6. The molecule has 0 radical (unpaired) electrons. The van der Waals surface area contributed by atoms with Gasteiger partial charge >= 0.3 is 0 Å². The third kappa shape index (κ3) is 6.87. The maximum atomic E-state index is 12.6. The number of aromatic nitrogens is 2. The first kappa shape index (κ1) is 24.4. The van der Waals surface area contributed by atoms with Crippen molar-refractivity contribution >= 4 is 21.8 Å². The van der Waals surface area contributed by atoms with Crippen LogP contribution >= 0.6 is 15.9 Å². The molecule has 4 rings (SSSR count). The Morgan fingerprint density at radius 3 is 2.70 bits per heavy atom. The molecule has 1 N–H and O–H groups in total. The van der Waals surface area contributed by atoms with Gasteiger partial charge in [0.05, 0.1) is 6.54 Å². The lowest BCUT2D eigenvalue weighted by Gasteiger charge is -2.35. The van der Waals surface area contributed by atoms with Gasteiger partial charge in [-0.05, 0) is 82.4 Å². The van der Waals surface area contributed by atoms with Crippen LogP contribution in [-0.4, -0.2) is 64.6 Å². The molecule has 2 aliphatic rings. The lowest BCUT2D eigenvalue weighted by molar-refractivity contribution is -0.126. The zero-order chi connectivity index (χ0) is 23.0. The summed E-state index contributed by atoms with van der Waals surface area (Å²) >= 11 is 3.44. The SMILES string of the molecule is CCC1CCCCN1CCCNC(=O)C1CCN(Cc2nc(-c3ccc(Br)cc3)no2)CC1. The van der Waals surface area contributed by atoms with Crippen LogP contribution in [0.25, 0.3) is 11.4 Å². The fourth-order valence-electron chi connectivity index (χ4n) is 5.03. The number of benzene rings is 1. The second-order valence-corrected chi connectivity index (χ2v) is 10.2. The van der Waals surface area contributed by atoms with Gasteiger partial charge in [0.1, 0.15) is 0 Å². The number of likely N-dealkylation sites (tertiary alicyclic amines) is 2. The van der Waals surface area contributed by atoms with Gasteiger partial charge in [0.15, 0.2) is 0 Å². The summed E-state index contributed by atoms with van der Waals surface area (Å²) in [6.45, 7) is 7.77. The molecule has 33 heavy (non-hydrogen) atoms. The highest BCUT2D eigenvalue weighted by Gasteiger charge is 2.26. The maximum Gasteiger partial charge on any atom is 0.241 e. The molecule has 2 fully saturated rings. The van der Waals surface area contributed by atoms with Gasteiger partial charge in [-0.25, -0.2) is 0 Å². The van der Waals surface area contributed by atoms with E-state index in [9.17, 15) is 4.79 Å². The largest absolute Gasteiger partial charge is 0.356 e. The average molecular weight is 519 g/mol. The molecule has 0 bridgehead atoms. The summed E-state index contributed by atoms with van der Waals surface area (Å²) in [6, 6.07) is 8.62. The van der Waals surface area contributed by atoms with Crippen molar-refractivity contribution in [1.82, 2.24) is 25.3 Å². The highest BCUT2D eigenvalue weighted by atomic mass is 79.9. The number of amides is 1. The lowest BCUT2D eigenvalue weighted by Crippen LogP contribution is -2.42. The zero-order valence-electron chi connectivity index (χ0n) is 19.6. The van der Waals surface area contributed by atoms with Gasteiger partial charge in [-0.2, -0.15) is 4.98 Å². The van der Waals surface area contributed by atoms with E-state index in [1.807, 2.05) is 24.3 Å². The lowest BCUT2D eigenvalue weighted by atomic mass is 9.96. The second-order valence-electron chi connectivity index (χ2n) is 9.31. The van der Waals surface area contributed by atoms with E-state index in [0.717, 1.165) is 61.5 Å². The van der Waals surface area contributed by atoms with Gasteiger partial charge < -0.3 is 14.7 Å². The Morgan fingerprint density at radius 1 is 1.15 bits per heavy atom. The van der Waals surface area contributed by atoms with Crippen LogP contribution in [0.2, 0.25) is 0 Å². The first-order valence-corrected chi connectivity index (χ1v) is 13.2. The monoisotopic (exact) mass is 517 g/mol. The molecule has 1 aromatic heterocycles. The number of piperidine rings is 2. The van der Waals surface area contributed by atoms with Crippen LogP contribution in [0, 0.1) is 5.92 Å². The van der Waals surface area contributed by atoms with Crippen LogP contribution in [-0.2, 0) is 11.3 Å². The predicted octanol–water partition coefficient (Wildman–Crippen LogP) is 4.48. The molecule has 7 nitrogen and oxygen atoms in total. The molecule has 1 unspecified atom stereocenters. The Labute approximate surface area is 205 Å². The van der Waals surface area contributed by atoms with E-state index in [1.165, 1.54) is 32.2 Å². The topological polar surface area (TPSA) is 74.5 Å². The number of nitrogens with zero attached hydrogens (tertiary/aromatic N) is 4. The van der Waals surface area contributed by atoms with Crippen molar-refractivity contribution in [1.29, 1.82) is 0 Å². The van der Waals surface area contributed by atoms with Crippen LogP contribution in [0.5, 0.6) is 0 Å². The Balaban J connectivity index is 1.15. The van der Waals surface area contributed by atoms with E-state index in [0.29, 0.717) is 18.3 Å². The van der Waals surface area contributed by atoms with E-state index in [4.69, 9.17) is 4.52 Å². The minimum absolute atomic E-state index is 0.112. The minimum Gasteiger partial charge on any atom is -0.356 e. The van der Waals surface area contributed by atoms with Gasteiger partial charge in [0.2, 0.25) is 17.6 Å². The van der Waals surface area contributed by atoms with Crippen molar-refractivity contribution in [3.63, 3.8) is 0 Å². The van der Waals surface area contributed by atoms with Crippen molar-refractivity contribution in [2.75, 3.05) is 32.7 Å². The number of hydrogen-bond donors (Lipinski definition) is 1. The summed E-state index contributed by atoms with van der Waals surface area (Å²) in [5.41, 5.74) is 0.939. The number of nitrogens with one attached hydrogen (secondary N) is 1. The van der Waals surface area contributed by atoms with Crippen molar-refractivity contribution in [2.24, 2.45) is 5.92 Å². The summed E-state index contributed by atoms with van der Waals surface area (Å²) in [5, 5.41) is 7.30. The second kappa shape index (κ2) is 12.1. The number of carbonyl (C=O) groups is 1. The predicted molar refractivity (Wildman–Crippen MR) is 133 cm³/mol. The van der Waals surface area contributed by atoms with Gasteiger partial charge in [-0.15, -0.1) is 0 Å². The van der Waals surface area contributed by atoms with Crippen LogP contribution < -0.4 is 5.32 Å². The normalized spacial score (nSPS) is 20.7. The molecule has 180 valence electrons. The molecular weight excluding hydrogens is 482 g/mol. The fourth-order valence-corrected chi connectivity index (χ4v) is 5.30. The maximum absolute atomic E-state index is 12.6. The number of halogens is 1. The molecule has 0 aliphatic carbocycles. The van der Waals surface area contributed by atoms with Crippen LogP contribution in [0.4, 0.5) is 0 Å². The van der Waals surface area contributed by atoms with Crippen LogP contribution in [0.1, 0.15) is 57.8 Å². The summed E-state index contributed by atoms with van der Waals surface area (Å²) < 4.78 is 6.48. The Bertz CT molecular complexity index is 879. The van der Waals surface area contributed by atoms with Crippen molar-refractivity contribution in [3.05, 3.63) is 34.6 Å². The van der Waals surface area contributed by atoms with Crippen LogP contribution in [0.15, 0.2) is 33.3 Å². The van der Waals surface area contributed by atoms with Gasteiger partial charge in [0.25, 0.3) is 0 Å². The van der Waals surface area contributed by atoms with Gasteiger partial charge in [-0.3, -0.25) is 9.69 Å². The Morgan fingerprint density at radius 2 is 1.94 bits per heavy atom. The minimum atomic E-state index is 0.112. The zero-order valence-corrected chi connectivity index (χ0v) is 21.2. The molecule has 2 aliphatic heterocycles. The molecule has 1 atom stereocenters. The van der Waals surface area contributed by atoms with Gasteiger partial charge in [-0.1, -0.05) is 34.4 Å². The van der Waals surface area contributed by atoms with E-state index in [2.05, 4.69) is 48.1 Å². The Hall–Kier alpha value is -1.77. The summed E-state index contributed by atoms with van der Waals surface area (Å²) in [7, 11) is 0. The van der Waals surface area contributed by atoms with E-state index in [1.54, 1.807) is 0 Å². The van der Waals surface area contributed by atoms with Crippen molar-refractivity contribution < 1.29 is 9.32 Å². The highest BCUT2D eigenvalue weighted by molar-refractivity contribution is 9.10. The molecule has 2 aromatic rings.